The maximum atomic E-state index is 4.27. The fourth-order valence-corrected chi connectivity index (χ4v) is 3.23. The summed E-state index contributed by atoms with van der Waals surface area (Å²) in [6.07, 6.45) is 7.48. The van der Waals surface area contributed by atoms with E-state index in [1.165, 1.54) is 18.4 Å². The summed E-state index contributed by atoms with van der Waals surface area (Å²) in [5, 5.41) is 8.01. The zero-order chi connectivity index (χ0) is 14.0. The predicted octanol–water partition coefficient (Wildman–Crippen LogP) is 3.19. The summed E-state index contributed by atoms with van der Waals surface area (Å²) in [5.41, 5.74) is 2.81. The van der Waals surface area contributed by atoms with Gasteiger partial charge in [-0.15, -0.1) is 0 Å². The van der Waals surface area contributed by atoms with Gasteiger partial charge in [-0.05, 0) is 55.5 Å². The van der Waals surface area contributed by atoms with E-state index in [1.807, 2.05) is 23.1 Å². The average Bonchev–Trinajstić information content (AvgIpc) is 3.11. The fourth-order valence-electron chi connectivity index (χ4n) is 3.23. The molecule has 1 aliphatic rings. The molecule has 0 bridgehead atoms. The molecule has 0 saturated carbocycles. The first-order valence-corrected chi connectivity index (χ1v) is 7.54. The largest absolute Gasteiger partial charge is 0.311 e. The van der Waals surface area contributed by atoms with Gasteiger partial charge in [0.05, 0.1) is 5.69 Å². The van der Waals surface area contributed by atoms with Crippen LogP contribution in [0.2, 0.25) is 0 Å². The van der Waals surface area contributed by atoms with Crippen molar-refractivity contribution in [1.29, 1.82) is 0 Å². The van der Waals surface area contributed by atoms with Crippen molar-refractivity contribution in [2.75, 3.05) is 6.54 Å². The van der Waals surface area contributed by atoms with Crippen molar-refractivity contribution in [3.8, 4) is 5.69 Å². The molecule has 1 aliphatic heterocycles. The molecule has 0 radical (unpaired) electrons. The van der Waals surface area contributed by atoms with Gasteiger partial charge < -0.3 is 5.32 Å². The van der Waals surface area contributed by atoms with E-state index in [0.29, 0.717) is 5.92 Å². The van der Waals surface area contributed by atoms with Crippen molar-refractivity contribution in [2.45, 2.75) is 38.6 Å². The van der Waals surface area contributed by atoms with Crippen molar-refractivity contribution >= 4 is 0 Å². The number of rotatable bonds is 4. The Morgan fingerprint density at radius 1 is 1.30 bits per heavy atom. The van der Waals surface area contributed by atoms with Crippen LogP contribution >= 0.6 is 0 Å². The van der Waals surface area contributed by atoms with Crippen molar-refractivity contribution in [2.24, 2.45) is 5.92 Å². The number of nitrogens with zero attached hydrogens (tertiary/aromatic N) is 2. The van der Waals surface area contributed by atoms with Crippen LogP contribution in [0.3, 0.4) is 0 Å². The molecule has 20 heavy (non-hydrogen) atoms. The lowest BCUT2D eigenvalue weighted by Crippen LogP contribution is -2.46. The molecule has 3 rings (SSSR count). The average molecular weight is 269 g/mol. The highest BCUT2D eigenvalue weighted by atomic mass is 15.3. The Bertz CT molecular complexity index is 534. The predicted molar refractivity (Wildman–Crippen MR) is 82.1 cm³/mol. The molecular formula is C17H23N3. The van der Waals surface area contributed by atoms with Gasteiger partial charge in [0, 0.05) is 17.9 Å². The van der Waals surface area contributed by atoms with E-state index in [-0.39, 0.29) is 5.54 Å². The molecule has 0 spiro atoms. The summed E-state index contributed by atoms with van der Waals surface area (Å²) < 4.78 is 1.90. The van der Waals surface area contributed by atoms with Crippen LogP contribution in [-0.2, 0) is 6.42 Å². The van der Waals surface area contributed by atoms with Gasteiger partial charge >= 0.3 is 0 Å². The molecule has 2 aromatic rings. The molecule has 1 fully saturated rings. The molecule has 1 saturated heterocycles. The Hall–Kier alpha value is -1.61. The van der Waals surface area contributed by atoms with Gasteiger partial charge in [-0.3, -0.25) is 0 Å². The third-order valence-electron chi connectivity index (χ3n) is 4.61. The van der Waals surface area contributed by atoms with Gasteiger partial charge in [-0.25, -0.2) is 4.68 Å². The summed E-state index contributed by atoms with van der Waals surface area (Å²) in [4.78, 5) is 0. The van der Waals surface area contributed by atoms with Crippen LogP contribution in [0.4, 0.5) is 0 Å². The molecule has 1 aromatic carbocycles. The first-order chi connectivity index (χ1) is 9.70. The van der Waals surface area contributed by atoms with E-state index in [4.69, 9.17) is 0 Å². The second-order valence-corrected chi connectivity index (χ2v) is 6.14. The van der Waals surface area contributed by atoms with Gasteiger partial charge in [0.25, 0.3) is 0 Å². The molecule has 0 amide bonds. The Morgan fingerprint density at radius 2 is 2.10 bits per heavy atom. The molecule has 2 heterocycles. The Morgan fingerprint density at radius 3 is 2.65 bits per heavy atom. The Kier molecular flexibility index (Phi) is 3.62. The van der Waals surface area contributed by atoms with Gasteiger partial charge in [-0.1, -0.05) is 26.0 Å². The van der Waals surface area contributed by atoms with E-state index in [2.05, 4.69) is 48.5 Å². The lowest BCUT2D eigenvalue weighted by atomic mass is 9.80. The van der Waals surface area contributed by atoms with Gasteiger partial charge in [0.1, 0.15) is 0 Å². The van der Waals surface area contributed by atoms with Gasteiger partial charge in [0.15, 0.2) is 0 Å². The third kappa shape index (κ3) is 2.50. The minimum Gasteiger partial charge on any atom is -0.311 e. The summed E-state index contributed by atoms with van der Waals surface area (Å²) >= 11 is 0. The molecule has 1 aromatic heterocycles. The van der Waals surface area contributed by atoms with Gasteiger partial charge in [-0.2, -0.15) is 5.10 Å². The normalized spacial score (nSPS) is 22.6. The topological polar surface area (TPSA) is 29.9 Å². The zero-order valence-electron chi connectivity index (χ0n) is 12.3. The van der Waals surface area contributed by atoms with E-state index in [1.54, 1.807) is 0 Å². The van der Waals surface area contributed by atoms with Crippen LogP contribution in [0.5, 0.6) is 0 Å². The van der Waals surface area contributed by atoms with Gasteiger partial charge in [0.2, 0.25) is 0 Å². The highest BCUT2D eigenvalue weighted by molar-refractivity contribution is 5.34. The molecule has 106 valence electrons. The lowest BCUT2D eigenvalue weighted by molar-refractivity contribution is 0.269. The summed E-state index contributed by atoms with van der Waals surface area (Å²) in [6, 6.07) is 10.7. The minimum atomic E-state index is 0.285. The number of aromatic nitrogens is 2. The highest BCUT2D eigenvalue weighted by Gasteiger charge is 2.36. The van der Waals surface area contributed by atoms with E-state index in [0.717, 1.165) is 18.7 Å². The fraction of sp³-hybridized carbons (Fsp3) is 0.471. The van der Waals surface area contributed by atoms with Crippen LogP contribution in [-0.4, -0.2) is 21.9 Å². The van der Waals surface area contributed by atoms with Crippen molar-refractivity contribution in [1.82, 2.24) is 15.1 Å². The lowest BCUT2D eigenvalue weighted by Gasteiger charge is -2.34. The molecule has 3 nitrogen and oxygen atoms in total. The van der Waals surface area contributed by atoms with Crippen LogP contribution in [0, 0.1) is 5.92 Å². The van der Waals surface area contributed by atoms with E-state index < -0.39 is 0 Å². The molecular weight excluding hydrogens is 246 g/mol. The smallest absolute Gasteiger partial charge is 0.0645 e. The first kappa shape index (κ1) is 13.4. The highest BCUT2D eigenvalue weighted by Crippen LogP contribution is 2.31. The van der Waals surface area contributed by atoms with E-state index in [9.17, 15) is 0 Å². The maximum Gasteiger partial charge on any atom is 0.0645 e. The molecule has 1 unspecified atom stereocenters. The Labute approximate surface area is 121 Å². The standard InChI is InChI=1S/C17H23N3/c1-14(2)17(9-3-10-18-17)13-15-5-7-16(8-6-15)20-12-4-11-19-20/h4-8,11-12,14,18H,3,9-10,13H2,1-2H3. The molecule has 3 heteroatoms. The van der Waals surface area contributed by atoms with Crippen LogP contribution in [0.25, 0.3) is 5.69 Å². The SMILES string of the molecule is CC(C)C1(Cc2ccc(-n3cccn3)cc2)CCCN1. The van der Waals surface area contributed by atoms with E-state index >= 15 is 0 Å². The second-order valence-electron chi connectivity index (χ2n) is 6.14. The minimum absolute atomic E-state index is 0.285. The molecule has 1 atom stereocenters. The number of benzene rings is 1. The quantitative estimate of drug-likeness (QED) is 0.923. The van der Waals surface area contributed by atoms with Crippen LogP contribution in [0.1, 0.15) is 32.3 Å². The summed E-state index contributed by atoms with van der Waals surface area (Å²) in [6.45, 7) is 5.82. The Balaban J connectivity index is 1.78. The summed E-state index contributed by atoms with van der Waals surface area (Å²) in [7, 11) is 0. The number of nitrogens with one attached hydrogen (secondary N) is 1. The zero-order valence-corrected chi connectivity index (χ0v) is 12.3. The second kappa shape index (κ2) is 5.41. The monoisotopic (exact) mass is 269 g/mol. The molecule has 0 aliphatic carbocycles. The number of hydrogen-bond donors (Lipinski definition) is 1. The van der Waals surface area contributed by atoms with Crippen LogP contribution < -0.4 is 5.32 Å². The maximum absolute atomic E-state index is 4.27. The first-order valence-electron chi connectivity index (χ1n) is 7.54. The van der Waals surface area contributed by atoms with Crippen LogP contribution in [0.15, 0.2) is 42.7 Å². The van der Waals surface area contributed by atoms with Crippen molar-refractivity contribution in [3.63, 3.8) is 0 Å². The van der Waals surface area contributed by atoms with Crippen molar-refractivity contribution in [3.05, 3.63) is 48.3 Å². The summed E-state index contributed by atoms with van der Waals surface area (Å²) in [5.74, 6) is 0.663. The van der Waals surface area contributed by atoms with Crippen molar-refractivity contribution < 1.29 is 0 Å². The third-order valence-corrected chi connectivity index (χ3v) is 4.61. The molecule has 1 N–H and O–H groups in total. The number of hydrogen-bond acceptors (Lipinski definition) is 2.